The van der Waals surface area contributed by atoms with Crippen LogP contribution in [0.25, 0.3) is 0 Å². The van der Waals surface area contributed by atoms with Gasteiger partial charge in [-0.15, -0.1) is 0 Å². The Morgan fingerprint density at radius 2 is 1.62 bits per heavy atom. The number of aromatic hydroxyl groups is 1. The van der Waals surface area contributed by atoms with Gasteiger partial charge < -0.3 is 10.2 Å². The largest absolute Gasteiger partial charge is 0.507 e. The van der Waals surface area contributed by atoms with Crippen molar-refractivity contribution >= 4 is 34.7 Å². The van der Waals surface area contributed by atoms with Gasteiger partial charge in [0.15, 0.2) is 28.7 Å². The van der Waals surface area contributed by atoms with E-state index in [9.17, 15) is 39.0 Å². The zero-order chi connectivity index (χ0) is 31.1. The molecule has 0 spiro atoms. The van der Waals surface area contributed by atoms with E-state index < -0.39 is 80.9 Å². The van der Waals surface area contributed by atoms with Gasteiger partial charge in [0, 0.05) is 23.7 Å². The summed E-state index contributed by atoms with van der Waals surface area (Å²) in [5, 5.41) is 23.3. The number of aliphatic hydroxyl groups is 1. The molecule has 1 aromatic rings. The van der Waals surface area contributed by atoms with Crippen molar-refractivity contribution in [3.05, 3.63) is 29.3 Å². The maximum atomic E-state index is 14.7. The molecule has 8 heteroatoms. The van der Waals surface area contributed by atoms with E-state index in [-0.39, 0.29) is 29.4 Å². The van der Waals surface area contributed by atoms with E-state index in [0.717, 1.165) is 26.2 Å². The van der Waals surface area contributed by atoms with Crippen LogP contribution in [0, 0.1) is 46.3 Å². The molecule has 0 aliphatic heterocycles. The summed E-state index contributed by atoms with van der Waals surface area (Å²) in [6.07, 6.45) is 4.17. The van der Waals surface area contributed by atoms with Gasteiger partial charge in [-0.2, -0.15) is 0 Å². The van der Waals surface area contributed by atoms with Crippen LogP contribution in [-0.2, 0) is 24.0 Å². The van der Waals surface area contributed by atoms with Gasteiger partial charge in [0.05, 0.1) is 11.5 Å². The van der Waals surface area contributed by atoms with Crippen LogP contribution in [0.5, 0.6) is 5.75 Å². The van der Waals surface area contributed by atoms with Crippen molar-refractivity contribution in [2.75, 3.05) is 0 Å². The topological polar surface area (TPSA) is 143 Å². The number of benzene rings is 1. The fourth-order valence-corrected chi connectivity index (χ4v) is 9.75. The molecule has 3 saturated carbocycles. The lowest BCUT2D eigenvalue weighted by molar-refractivity contribution is -0.226. The Morgan fingerprint density at radius 1 is 1.00 bits per heavy atom. The number of phenols is 1. The highest BCUT2D eigenvalue weighted by Gasteiger charge is 2.80. The Hall–Kier alpha value is -3.00. The molecule has 42 heavy (non-hydrogen) atoms. The monoisotopic (exact) mass is 578 g/mol. The van der Waals surface area contributed by atoms with Gasteiger partial charge in [-0.1, -0.05) is 66.0 Å². The van der Waals surface area contributed by atoms with Crippen LogP contribution in [0.4, 0.5) is 0 Å². The minimum Gasteiger partial charge on any atom is -0.507 e. The number of rotatable bonds is 5. The quantitative estimate of drug-likeness (QED) is 0.489. The van der Waals surface area contributed by atoms with Gasteiger partial charge in [0.1, 0.15) is 23.2 Å². The highest BCUT2D eigenvalue weighted by molar-refractivity contribution is 6.32. The molecule has 0 radical (unpaired) electrons. The molecule has 1 aromatic carbocycles. The second-order valence-corrected chi connectivity index (χ2v) is 14.1. The zero-order valence-electron chi connectivity index (χ0n) is 25.4. The van der Waals surface area contributed by atoms with Crippen LogP contribution in [0.15, 0.2) is 18.2 Å². The highest BCUT2D eigenvalue weighted by atomic mass is 16.3. The van der Waals surface area contributed by atoms with E-state index in [1.165, 1.54) is 6.07 Å². The summed E-state index contributed by atoms with van der Waals surface area (Å²) < 4.78 is 0. The Labute approximate surface area is 246 Å². The van der Waals surface area contributed by atoms with Crippen LogP contribution in [0.2, 0.25) is 0 Å². The molecule has 3 unspecified atom stereocenters. The third-order valence-corrected chi connectivity index (χ3v) is 11.9. The van der Waals surface area contributed by atoms with Crippen LogP contribution in [-0.4, -0.2) is 50.5 Å². The minimum absolute atomic E-state index is 0.0340. The van der Waals surface area contributed by atoms with Gasteiger partial charge in [-0.3, -0.25) is 28.8 Å². The summed E-state index contributed by atoms with van der Waals surface area (Å²) in [5.74, 6) is -11.5. The van der Waals surface area contributed by atoms with Crippen molar-refractivity contribution < 1.29 is 39.0 Å². The molecule has 0 amide bonds. The van der Waals surface area contributed by atoms with Crippen molar-refractivity contribution in [3.63, 3.8) is 0 Å². The highest BCUT2D eigenvalue weighted by Crippen LogP contribution is 2.70. The van der Waals surface area contributed by atoms with Gasteiger partial charge in [0.25, 0.3) is 0 Å². The summed E-state index contributed by atoms with van der Waals surface area (Å²) in [6, 6.07) is 4.69. The third-order valence-electron chi connectivity index (χ3n) is 11.9. The Kier molecular flexibility index (Phi) is 7.28. The summed E-state index contributed by atoms with van der Waals surface area (Å²) in [5.41, 5.74) is -5.42. The molecule has 2 N–H and O–H groups in total. The maximum absolute atomic E-state index is 14.7. The fraction of sp³-hybridized carbons (Fsp3) is 0.647. The normalized spacial score (nSPS) is 38.6. The first-order chi connectivity index (χ1) is 19.6. The first kappa shape index (κ1) is 30.5. The van der Waals surface area contributed by atoms with Crippen LogP contribution in [0.3, 0.4) is 0 Å². The number of ketones is 6. The van der Waals surface area contributed by atoms with Crippen LogP contribution in [0.1, 0.15) is 102 Å². The standard InChI is InChI=1S/C34H42O8/c1-16(2)26-28(38)24(18(4)35)30(40)34(42)31(41)27-29(39)25-20(13-10-14-21(25)36)17(3)32(27,5)23(33(26,34)6)15-22(37)19-11-8-7-9-12-19/h10,13-14,16-17,19,23-24,26-27,36,42H,7-9,11-12,15H2,1-6H3/t17-,23-,24?,26?,27?,32-,33-,34+/m1/s1. The average Bonchev–Trinajstić information content (AvgIpc) is 2.92. The molecule has 3 fully saturated rings. The molecule has 4 aliphatic carbocycles. The number of Topliss-reactive ketones (excluding diaryl/α,β-unsaturated/α-hetero) is 6. The summed E-state index contributed by atoms with van der Waals surface area (Å²) in [7, 11) is 0. The first-order valence-electron chi connectivity index (χ1n) is 15.3. The zero-order valence-corrected chi connectivity index (χ0v) is 25.4. The number of fused-ring (bicyclic) bond motifs is 3. The Bertz CT molecular complexity index is 1400. The molecule has 0 heterocycles. The van der Waals surface area contributed by atoms with Gasteiger partial charge in [-0.25, -0.2) is 0 Å². The fourth-order valence-electron chi connectivity index (χ4n) is 9.75. The maximum Gasteiger partial charge on any atom is 0.190 e. The molecule has 0 saturated heterocycles. The van der Waals surface area contributed by atoms with E-state index in [1.807, 2.05) is 6.92 Å². The van der Waals surface area contributed by atoms with Crippen molar-refractivity contribution in [2.24, 2.45) is 46.3 Å². The smallest absolute Gasteiger partial charge is 0.190 e. The number of phenolic OH excluding ortho intramolecular Hbond substituents is 1. The number of carbonyl (C=O) groups excluding carboxylic acids is 6. The van der Waals surface area contributed by atoms with Gasteiger partial charge in [-0.05, 0) is 54.6 Å². The summed E-state index contributed by atoms with van der Waals surface area (Å²) in [6.45, 7) is 9.75. The van der Waals surface area contributed by atoms with Crippen LogP contribution >= 0.6 is 0 Å². The van der Waals surface area contributed by atoms with Crippen molar-refractivity contribution in [2.45, 2.75) is 91.6 Å². The van der Waals surface area contributed by atoms with Gasteiger partial charge in [0.2, 0.25) is 0 Å². The number of carbonyl (C=O) groups is 6. The van der Waals surface area contributed by atoms with E-state index in [1.54, 1.807) is 39.8 Å². The van der Waals surface area contributed by atoms with Crippen LogP contribution < -0.4 is 0 Å². The predicted octanol–water partition coefficient (Wildman–Crippen LogP) is 4.42. The molecular weight excluding hydrogens is 536 g/mol. The lowest BCUT2D eigenvalue weighted by Crippen LogP contribution is -2.80. The van der Waals surface area contributed by atoms with E-state index >= 15 is 0 Å². The molecule has 8 nitrogen and oxygen atoms in total. The lowest BCUT2D eigenvalue weighted by Gasteiger charge is -2.67. The molecule has 5 rings (SSSR count). The Balaban J connectivity index is 1.83. The minimum atomic E-state index is -2.86. The average molecular weight is 579 g/mol. The molecule has 0 bridgehead atoms. The molecular formula is C34H42O8. The predicted molar refractivity (Wildman–Crippen MR) is 153 cm³/mol. The number of hydrogen-bond acceptors (Lipinski definition) is 8. The van der Waals surface area contributed by atoms with E-state index in [2.05, 4.69) is 0 Å². The molecule has 0 aromatic heterocycles. The molecule has 4 aliphatic rings. The second-order valence-electron chi connectivity index (χ2n) is 14.1. The summed E-state index contributed by atoms with van der Waals surface area (Å²) in [4.78, 5) is 84.0. The number of hydrogen-bond donors (Lipinski definition) is 2. The van der Waals surface area contributed by atoms with E-state index in [4.69, 9.17) is 0 Å². The molecule has 226 valence electrons. The van der Waals surface area contributed by atoms with Crippen molar-refractivity contribution in [3.8, 4) is 5.75 Å². The lowest BCUT2D eigenvalue weighted by atomic mass is 9.34. The van der Waals surface area contributed by atoms with Gasteiger partial charge >= 0.3 is 0 Å². The Morgan fingerprint density at radius 3 is 2.19 bits per heavy atom. The summed E-state index contributed by atoms with van der Waals surface area (Å²) >= 11 is 0. The van der Waals surface area contributed by atoms with E-state index in [0.29, 0.717) is 18.4 Å². The SMILES string of the molecule is CC(=O)C1C(=O)C(C(C)C)[C@@]2(C)[C@H](CC(=O)C3CCCCC3)[C@]3(C)C(C(=O)c4c(O)cccc4[C@H]3C)C(=O)[C@@]2(O)C1=O. The first-order valence-corrected chi connectivity index (χ1v) is 15.3. The van der Waals surface area contributed by atoms with Crippen molar-refractivity contribution in [1.29, 1.82) is 0 Å². The van der Waals surface area contributed by atoms with Crippen molar-refractivity contribution in [1.82, 2.24) is 0 Å². The molecule has 8 atom stereocenters. The second kappa shape index (κ2) is 10.0. The third kappa shape index (κ3) is 3.69.